The zero-order chi connectivity index (χ0) is 17.7. The van der Waals surface area contributed by atoms with Gasteiger partial charge in [-0.3, -0.25) is 0 Å². The van der Waals surface area contributed by atoms with Crippen LogP contribution in [0, 0.1) is 0 Å². The van der Waals surface area contributed by atoms with Crippen molar-refractivity contribution in [2.75, 3.05) is 21.3 Å². The number of rotatable bonds is 5. The molecule has 1 heterocycles. The SMILES string of the molecule is C=Cn1ccc2c1CC(N(C)/C(=C\C(=O)OC)C(=O)OC)CC=C2. The van der Waals surface area contributed by atoms with E-state index < -0.39 is 11.9 Å². The van der Waals surface area contributed by atoms with Gasteiger partial charge in [0.25, 0.3) is 0 Å². The first-order valence-corrected chi connectivity index (χ1v) is 7.61. The number of hydrogen-bond donors (Lipinski definition) is 0. The lowest BCUT2D eigenvalue weighted by atomic mass is 10.1. The molecule has 0 fully saturated rings. The normalized spacial score (nSPS) is 16.8. The molecule has 0 aliphatic heterocycles. The van der Waals surface area contributed by atoms with Crippen LogP contribution in [0.4, 0.5) is 0 Å². The van der Waals surface area contributed by atoms with E-state index in [4.69, 9.17) is 4.74 Å². The minimum absolute atomic E-state index is 0.00824. The van der Waals surface area contributed by atoms with Gasteiger partial charge in [-0.15, -0.1) is 0 Å². The van der Waals surface area contributed by atoms with Gasteiger partial charge in [0.05, 0.1) is 20.3 Å². The van der Waals surface area contributed by atoms with Gasteiger partial charge in [0.15, 0.2) is 0 Å². The largest absolute Gasteiger partial charge is 0.466 e. The Morgan fingerprint density at radius 2 is 2.12 bits per heavy atom. The highest BCUT2D eigenvalue weighted by Crippen LogP contribution is 2.25. The Kier molecular flexibility index (Phi) is 5.63. The van der Waals surface area contributed by atoms with Crippen LogP contribution in [0.1, 0.15) is 17.7 Å². The number of nitrogens with zero attached hydrogens (tertiary/aromatic N) is 2. The quantitative estimate of drug-likeness (QED) is 0.611. The highest BCUT2D eigenvalue weighted by atomic mass is 16.5. The van der Waals surface area contributed by atoms with E-state index in [-0.39, 0.29) is 11.7 Å². The summed E-state index contributed by atoms with van der Waals surface area (Å²) < 4.78 is 11.4. The fourth-order valence-corrected chi connectivity index (χ4v) is 2.77. The van der Waals surface area contributed by atoms with Crippen molar-refractivity contribution in [2.24, 2.45) is 0 Å². The lowest BCUT2D eigenvalue weighted by Gasteiger charge is -2.29. The van der Waals surface area contributed by atoms with Gasteiger partial charge in [-0.25, -0.2) is 9.59 Å². The van der Waals surface area contributed by atoms with Gasteiger partial charge >= 0.3 is 11.9 Å². The summed E-state index contributed by atoms with van der Waals surface area (Å²) in [7, 11) is 4.33. The van der Waals surface area contributed by atoms with Gasteiger partial charge in [-0.1, -0.05) is 18.7 Å². The first-order valence-electron chi connectivity index (χ1n) is 7.61. The number of ether oxygens (including phenoxy) is 2. The highest BCUT2D eigenvalue weighted by molar-refractivity contribution is 5.95. The average molecular weight is 330 g/mol. The van der Waals surface area contributed by atoms with Gasteiger partial charge in [0.2, 0.25) is 0 Å². The molecule has 1 unspecified atom stereocenters. The molecule has 1 aromatic heterocycles. The average Bonchev–Trinajstić information content (AvgIpc) is 2.86. The Labute approximate surface area is 141 Å². The van der Waals surface area contributed by atoms with E-state index in [0.29, 0.717) is 6.42 Å². The topological polar surface area (TPSA) is 60.8 Å². The molecule has 1 atom stereocenters. The summed E-state index contributed by atoms with van der Waals surface area (Å²) in [5.74, 6) is -1.17. The van der Waals surface area contributed by atoms with Crippen LogP contribution < -0.4 is 0 Å². The van der Waals surface area contributed by atoms with E-state index in [1.165, 1.54) is 14.2 Å². The molecule has 0 amide bonds. The zero-order valence-corrected chi connectivity index (χ0v) is 14.2. The number of carbonyl (C=O) groups excluding carboxylic acids is 2. The van der Waals surface area contributed by atoms with Gasteiger partial charge in [0, 0.05) is 37.6 Å². The van der Waals surface area contributed by atoms with Crippen LogP contribution in [-0.2, 0) is 25.5 Å². The van der Waals surface area contributed by atoms with E-state index in [0.717, 1.165) is 23.8 Å². The number of carbonyl (C=O) groups is 2. The Bertz CT molecular complexity index is 700. The molecule has 0 saturated heterocycles. The molecule has 0 radical (unpaired) electrons. The number of esters is 2. The van der Waals surface area contributed by atoms with E-state index in [2.05, 4.69) is 23.5 Å². The second-order valence-electron chi connectivity index (χ2n) is 5.46. The van der Waals surface area contributed by atoms with Crippen molar-refractivity contribution in [1.82, 2.24) is 9.47 Å². The molecule has 0 aromatic carbocycles. The molecule has 2 rings (SSSR count). The first-order chi connectivity index (χ1) is 11.5. The Balaban J connectivity index is 2.33. The fourth-order valence-electron chi connectivity index (χ4n) is 2.77. The minimum Gasteiger partial charge on any atom is -0.466 e. The Morgan fingerprint density at radius 3 is 2.75 bits per heavy atom. The van der Waals surface area contributed by atoms with Gasteiger partial charge < -0.3 is 18.9 Å². The monoisotopic (exact) mass is 330 g/mol. The third-order valence-electron chi connectivity index (χ3n) is 4.17. The van der Waals surface area contributed by atoms with Crippen molar-refractivity contribution in [3.8, 4) is 0 Å². The summed E-state index contributed by atoms with van der Waals surface area (Å²) in [6.45, 7) is 3.82. The summed E-state index contributed by atoms with van der Waals surface area (Å²) in [5.41, 5.74) is 2.41. The molecule has 1 aliphatic rings. The summed E-state index contributed by atoms with van der Waals surface area (Å²) in [6, 6.07) is 2.02. The van der Waals surface area contributed by atoms with E-state index in [1.807, 2.05) is 16.8 Å². The fraction of sp³-hybridized carbons (Fsp3) is 0.333. The van der Waals surface area contributed by atoms with Crippen molar-refractivity contribution in [2.45, 2.75) is 18.9 Å². The van der Waals surface area contributed by atoms with Crippen molar-refractivity contribution in [1.29, 1.82) is 0 Å². The van der Waals surface area contributed by atoms with Crippen LogP contribution in [0.3, 0.4) is 0 Å². The van der Waals surface area contributed by atoms with Crippen LogP contribution >= 0.6 is 0 Å². The number of methoxy groups -OCH3 is 2. The van der Waals surface area contributed by atoms with Crippen LogP contribution in [-0.4, -0.2) is 48.7 Å². The molecule has 0 spiro atoms. The van der Waals surface area contributed by atoms with Crippen LogP contribution in [0.2, 0.25) is 0 Å². The first kappa shape index (κ1) is 17.6. The summed E-state index contributed by atoms with van der Waals surface area (Å²) in [6.07, 6.45) is 10.4. The molecule has 0 bridgehead atoms. The van der Waals surface area contributed by atoms with Crippen molar-refractivity contribution in [3.05, 3.63) is 47.9 Å². The molecule has 1 aromatic rings. The highest BCUT2D eigenvalue weighted by Gasteiger charge is 2.26. The molecule has 24 heavy (non-hydrogen) atoms. The number of hydrogen-bond acceptors (Lipinski definition) is 5. The number of likely N-dealkylation sites (N-methyl/N-ethyl adjacent to an activating group) is 1. The number of fused-ring (bicyclic) bond motifs is 1. The third kappa shape index (κ3) is 3.59. The molecule has 128 valence electrons. The Hall–Kier alpha value is -2.76. The maximum atomic E-state index is 12.1. The smallest absolute Gasteiger partial charge is 0.354 e. The maximum Gasteiger partial charge on any atom is 0.354 e. The molecular weight excluding hydrogens is 308 g/mol. The lowest BCUT2D eigenvalue weighted by molar-refractivity contribution is -0.140. The van der Waals surface area contributed by atoms with Crippen molar-refractivity contribution >= 4 is 24.2 Å². The second-order valence-corrected chi connectivity index (χ2v) is 5.46. The van der Waals surface area contributed by atoms with E-state index in [1.54, 1.807) is 18.1 Å². The molecule has 1 aliphatic carbocycles. The lowest BCUT2D eigenvalue weighted by Crippen LogP contribution is -2.36. The Morgan fingerprint density at radius 1 is 1.38 bits per heavy atom. The standard InChI is InChI=1S/C18H22N2O4/c1-5-20-10-9-13-7-6-8-14(11-15(13)20)19(2)16(18(22)24-4)12-17(21)23-3/h5-7,9-10,12,14H,1,8,11H2,2-4H3/b16-12-. The molecule has 6 nitrogen and oxygen atoms in total. The number of aromatic nitrogens is 1. The van der Waals surface area contributed by atoms with Crippen molar-refractivity contribution < 1.29 is 19.1 Å². The van der Waals surface area contributed by atoms with Gasteiger partial charge in [-0.05, 0) is 18.1 Å². The predicted octanol–water partition coefficient (Wildman–Crippen LogP) is 2.08. The second kappa shape index (κ2) is 7.68. The summed E-state index contributed by atoms with van der Waals surface area (Å²) >= 11 is 0. The molecule has 0 N–H and O–H groups in total. The van der Waals surface area contributed by atoms with E-state index in [9.17, 15) is 9.59 Å². The van der Waals surface area contributed by atoms with Crippen molar-refractivity contribution in [3.63, 3.8) is 0 Å². The molecule has 0 saturated carbocycles. The van der Waals surface area contributed by atoms with Gasteiger partial charge in [-0.2, -0.15) is 0 Å². The summed E-state index contributed by atoms with van der Waals surface area (Å²) in [5, 5.41) is 0. The predicted molar refractivity (Wildman–Crippen MR) is 91.8 cm³/mol. The van der Waals surface area contributed by atoms with Crippen LogP contribution in [0.25, 0.3) is 12.3 Å². The summed E-state index contributed by atoms with van der Waals surface area (Å²) in [4.78, 5) is 25.4. The van der Waals surface area contributed by atoms with E-state index >= 15 is 0 Å². The minimum atomic E-state index is -0.596. The maximum absolute atomic E-state index is 12.1. The molecular formula is C18H22N2O4. The van der Waals surface area contributed by atoms with Crippen LogP contribution in [0.15, 0.2) is 36.7 Å². The third-order valence-corrected chi connectivity index (χ3v) is 4.17. The molecule has 6 heteroatoms. The van der Waals surface area contributed by atoms with Crippen LogP contribution in [0.5, 0.6) is 0 Å². The zero-order valence-electron chi connectivity index (χ0n) is 14.2. The van der Waals surface area contributed by atoms with Gasteiger partial charge in [0.1, 0.15) is 5.70 Å².